The number of nitrogens with one attached hydrogen (secondary N) is 1. The number of hydrogen-bond acceptors (Lipinski definition) is 3. The molecule has 4 nitrogen and oxygen atoms in total. The van der Waals surface area contributed by atoms with Gasteiger partial charge in [0.15, 0.2) is 0 Å². The molecular weight excluding hydrogens is 222 g/mol. The highest BCUT2D eigenvalue weighted by Crippen LogP contribution is 2.14. The zero-order valence-electron chi connectivity index (χ0n) is 10.4. The van der Waals surface area contributed by atoms with E-state index in [1.165, 1.54) is 0 Å². The van der Waals surface area contributed by atoms with Crippen molar-refractivity contribution in [2.24, 2.45) is 5.92 Å². The van der Waals surface area contributed by atoms with Crippen LogP contribution >= 0.6 is 0 Å². The van der Waals surface area contributed by atoms with Crippen LogP contribution in [-0.2, 0) is 10.8 Å². The zero-order valence-corrected chi connectivity index (χ0v) is 11.3. The summed E-state index contributed by atoms with van der Waals surface area (Å²) in [4.78, 5) is 4.27. The second-order valence-electron chi connectivity index (χ2n) is 4.52. The van der Waals surface area contributed by atoms with E-state index in [1.54, 1.807) is 12.5 Å². The van der Waals surface area contributed by atoms with Crippen molar-refractivity contribution in [1.82, 2.24) is 9.55 Å². The molecule has 16 heavy (non-hydrogen) atoms. The van der Waals surface area contributed by atoms with Crippen LogP contribution in [0.4, 0.5) is 5.95 Å². The van der Waals surface area contributed by atoms with Crippen LogP contribution in [0.3, 0.4) is 0 Å². The summed E-state index contributed by atoms with van der Waals surface area (Å²) < 4.78 is 13.2. The highest BCUT2D eigenvalue weighted by Gasteiger charge is 2.11. The average Bonchev–Trinajstić information content (AvgIpc) is 2.61. The third kappa shape index (κ3) is 3.96. The Hall–Kier alpha value is -0.840. The normalized spacial score (nSPS) is 15.1. The van der Waals surface area contributed by atoms with Crippen LogP contribution in [0.1, 0.15) is 26.8 Å². The molecule has 0 saturated carbocycles. The second kappa shape index (κ2) is 6.03. The summed E-state index contributed by atoms with van der Waals surface area (Å²) in [6.07, 6.45) is 5.44. The molecule has 1 N–H and O–H groups in total. The van der Waals surface area contributed by atoms with E-state index >= 15 is 0 Å². The van der Waals surface area contributed by atoms with Crippen molar-refractivity contribution in [3.63, 3.8) is 0 Å². The molecule has 0 saturated heterocycles. The highest BCUT2D eigenvalue weighted by molar-refractivity contribution is 7.84. The fourth-order valence-corrected chi connectivity index (χ4v) is 2.36. The zero-order chi connectivity index (χ0) is 12.1. The molecule has 1 aromatic rings. The minimum atomic E-state index is -0.778. The average molecular weight is 243 g/mol. The Morgan fingerprint density at radius 3 is 2.75 bits per heavy atom. The van der Waals surface area contributed by atoms with Gasteiger partial charge in [0.2, 0.25) is 5.95 Å². The molecular formula is C11H21N3OS. The van der Waals surface area contributed by atoms with E-state index in [4.69, 9.17) is 0 Å². The summed E-state index contributed by atoms with van der Waals surface area (Å²) in [5.74, 6) is 2.11. The van der Waals surface area contributed by atoms with Gasteiger partial charge in [-0.15, -0.1) is 0 Å². The van der Waals surface area contributed by atoms with Crippen molar-refractivity contribution in [2.45, 2.75) is 26.8 Å². The lowest BCUT2D eigenvalue weighted by molar-refractivity contribution is 0.594. The first-order valence-corrected chi connectivity index (χ1v) is 7.30. The molecule has 0 aliphatic carbocycles. The van der Waals surface area contributed by atoms with Gasteiger partial charge in [0.1, 0.15) is 0 Å². The molecule has 0 bridgehead atoms. The number of imidazole rings is 1. The first kappa shape index (κ1) is 13.2. The lowest BCUT2D eigenvalue weighted by atomic mass is 10.2. The quantitative estimate of drug-likeness (QED) is 0.830. The third-order valence-corrected chi connectivity index (χ3v) is 3.24. The number of hydrogen-bond donors (Lipinski definition) is 1. The largest absolute Gasteiger partial charge is 0.355 e. The van der Waals surface area contributed by atoms with Crippen LogP contribution in [0.25, 0.3) is 0 Å². The van der Waals surface area contributed by atoms with Gasteiger partial charge in [-0.05, 0) is 12.8 Å². The Bertz CT molecular complexity index is 349. The van der Waals surface area contributed by atoms with Crippen molar-refractivity contribution in [3.8, 4) is 0 Å². The van der Waals surface area contributed by atoms with E-state index in [2.05, 4.69) is 31.1 Å². The fraction of sp³-hybridized carbons (Fsp3) is 0.727. The molecule has 92 valence electrons. The summed E-state index contributed by atoms with van der Waals surface area (Å²) in [5.41, 5.74) is 0. The first-order chi connectivity index (χ1) is 7.50. The summed E-state index contributed by atoms with van der Waals surface area (Å²) >= 11 is 0. The first-order valence-electron chi connectivity index (χ1n) is 5.57. The topological polar surface area (TPSA) is 46.9 Å². The van der Waals surface area contributed by atoms with Gasteiger partial charge in [-0.25, -0.2) is 4.98 Å². The predicted molar refractivity (Wildman–Crippen MR) is 69.2 cm³/mol. The van der Waals surface area contributed by atoms with E-state index in [-0.39, 0.29) is 6.04 Å². The van der Waals surface area contributed by atoms with E-state index in [9.17, 15) is 4.21 Å². The van der Waals surface area contributed by atoms with Crippen molar-refractivity contribution in [1.29, 1.82) is 0 Å². The fourth-order valence-electron chi connectivity index (χ4n) is 1.52. The minimum Gasteiger partial charge on any atom is -0.355 e. The van der Waals surface area contributed by atoms with Gasteiger partial charge in [-0.3, -0.25) is 4.21 Å². The highest BCUT2D eigenvalue weighted by atomic mass is 32.2. The maximum Gasteiger partial charge on any atom is 0.203 e. The Labute approximate surface area is 99.9 Å². The second-order valence-corrected chi connectivity index (χ2v) is 6.00. The lowest BCUT2D eigenvalue weighted by Crippen LogP contribution is -2.17. The van der Waals surface area contributed by atoms with Crippen LogP contribution in [0.5, 0.6) is 0 Å². The molecule has 1 aromatic heterocycles. The van der Waals surface area contributed by atoms with Crippen LogP contribution < -0.4 is 5.32 Å². The molecule has 0 fully saturated rings. The number of anilines is 1. The van der Waals surface area contributed by atoms with Crippen molar-refractivity contribution in [3.05, 3.63) is 12.4 Å². The monoisotopic (exact) mass is 243 g/mol. The Balaban J connectivity index is 2.65. The maximum atomic E-state index is 11.2. The van der Waals surface area contributed by atoms with E-state index in [0.717, 1.165) is 12.5 Å². The molecule has 0 aliphatic rings. The van der Waals surface area contributed by atoms with Crippen LogP contribution in [-0.4, -0.2) is 32.3 Å². The van der Waals surface area contributed by atoms with E-state index in [1.807, 2.05) is 10.8 Å². The molecule has 0 amide bonds. The molecule has 0 spiro atoms. The van der Waals surface area contributed by atoms with Gasteiger partial charge in [0, 0.05) is 47.8 Å². The van der Waals surface area contributed by atoms with Gasteiger partial charge in [0.05, 0.1) is 0 Å². The summed E-state index contributed by atoms with van der Waals surface area (Å²) in [6.45, 7) is 7.28. The van der Waals surface area contributed by atoms with E-state index in [0.29, 0.717) is 11.7 Å². The summed E-state index contributed by atoms with van der Waals surface area (Å²) in [5, 5.41) is 3.30. The SMILES string of the molecule is CC(C)CNc1nccn1C(C)CS(C)=O. The van der Waals surface area contributed by atoms with Gasteiger partial charge >= 0.3 is 0 Å². The molecule has 0 aromatic carbocycles. The van der Waals surface area contributed by atoms with Gasteiger partial charge in [0.25, 0.3) is 0 Å². The smallest absolute Gasteiger partial charge is 0.203 e. The molecule has 2 unspecified atom stereocenters. The van der Waals surface area contributed by atoms with Crippen molar-refractivity contribution >= 4 is 16.7 Å². The summed E-state index contributed by atoms with van der Waals surface area (Å²) in [7, 11) is -0.778. The Morgan fingerprint density at radius 1 is 1.50 bits per heavy atom. The molecule has 2 atom stereocenters. The number of aromatic nitrogens is 2. The molecule has 0 radical (unpaired) electrons. The molecule has 5 heteroatoms. The van der Waals surface area contributed by atoms with E-state index < -0.39 is 10.8 Å². The number of rotatable bonds is 6. The predicted octanol–water partition coefficient (Wildman–Crippen LogP) is 1.89. The number of nitrogens with zero attached hydrogens (tertiary/aromatic N) is 2. The summed E-state index contributed by atoms with van der Waals surface area (Å²) in [6, 6.07) is 0.211. The maximum absolute atomic E-state index is 11.2. The standard InChI is InChI=1S/C11H21N3OS/c1-9(2)7-13-11-12-5-6-14(11)10(3)8-16(4)15/h5-6,9-10H,7-8H2,1-4H3,(H,12,13). The van der Waals surface area contributed by atoms with Gasteiger partial charge in [-0.1, -0.05) is 13.8 Å². The van der Waals surface area contributed by atoms with Crippen LogP contribution in [0.15, 0.2) is 12.4 Å². The van der Waals surface area contributed by atoms with Gasteiger partial charge < -0.3 is 9.88 Å². The van der Waals surface area contributed by atoms with Crippen LogP contribution in [0.2, 0.25) is 0 Å². The van der Waals surface area contributed by atoms with Crippen molar-refractivity contribution in [2.75, 3.05) is 23.9 Å². The van der Waals surface area contributed by atoms with Crippen LogP contribution in [0, 0.1) is 5.92 Å². The molecule has 1 heterocycles. The Kier molecular flexibility index (Phi) is 4.99. The minimum absolute atomic E-state index is 0.211. The third-order valence-electron chi connectivity index (χ3n) is 2.29. The van der Waals surface area contributed by atoms with Gasteiger partial charge in [-0.2, -0.15) is 0 Å². The molecule has 0 aliphatic heterocycles. The van der Waals surface area contributed by atoms with Crippen molar-refractivity contribution < 1.29 is 4.21 Å². The molecule has 1 rings (SSSR count). The lowest BCUT2D eigenvalue weighted by Gasteiger charge is -2.16. The Morgan fingerprint density at radius 2 is 2.19 bits per heavy atom.